The largest absolute Gasteiger partial charge is 0.288 e. The number of hydrogen-bond acceptors (Lipinski definition) is 4. The lowest BCUT2D eigenvalue weighted by Gasteiger charge is -2.42. The second-order valence-electron chi connectivity index (χ2n) is 8.03. The summed E-state index contributed by atoms with van der Waals surface area (Å²) >= 11 is 0. The second-order valence-corrected chi connectivity index (χ2v) is 8.03. The van der Waals surface area contributed by atoms with Crippen LogP contribution in [0, 0.1) is 5.92 Å². The molecule has 6 heteroatoms. The minimum atomic E-state index is -0.387. The van der Waals surface area contributed by atoms with E-state index in [1.807, 2.05) is 24.3 Å². The van der Waals surface area contributed by atoms with E-state index in [-0.39, 0.29) is 29.5 Å². The number of carbonyl (C=O) groups excluding carboxylic acids is 4. The van der Waals surface area contributed by atoms with Crippen molar-refractivity contribution < 1.29 is 19.2 Å². The van der Waals surface area contributed by atoms with Gasteiger partial charge in [0, 0.05) is 33.8 Å². The molecule has 142 valence electrons. The molecule has 0 saturated heterocycles. The first-order valence-electron chi connectivity index (χ1n) is 9.72. The molecule has 7 rings (SSSR count). The van der Waals surface area contributed by atoms with E-state index in [1.165, 1.54) is 0 Å². The lowest BCUT2D eigenvalue weighted by Crippen LogP contribution is -2.42. The first-order valence-corrected chi connectivity index (χ1v) is 9.72. The van der Waals surface area contributed by atoms with Crippen LogP contribution in [0.15, 0.2) is 64.8 Å². The van der Waals surface area contributed by atoms with Gasteiger partial charge in [0.15, 0.2) is 0 Å². The molecule has 1 aromatic carbocycles. The molecule has 6 nitrogen and oxygen atoms in total. The minimum absolute atomic E-state index is 0.205. The molecule has 2 aliphatic heterocycles. The fraction of sp³-hybridized carbons (Fsp3) is 0.0833. The van der Waals surface area contributed by atoms with E-state index in [0.717, 1.165) is 33.4 Å². The highest BCUT2D eigenvalue weighted by Gasteiger charge is 2.45. The van der Waals surface area contributed by atoms with Crippen molar-refractivity contribution in [2.45, 2.75) is 6.42 Å². The monoisotopic (exact) mass is 392 g/mol. The molecule has 4 aliphatic carbocycles. The summed E-state index contributed by atoms with van der Waals surface area (Å²) in [4.78, 5) is 49.8. The summed E-state index contributed by atoms with van der Waals surface area (Å²) in [6.07, 6.45) is 9.80. The number of nitrogens with one attached hydrogen (secondary N) is 2. The van der Waals surface area contributed by atoms with E-state index in [4.69, 9.17) is 0 Å². The number of benzene rings is 1. The Hall–Kier alpha value is -4.06. The minimum Gasteiger partial charge on any atom is -0.288 e. The van der Waals surface area contributed by atoms with Crippen molar-refractivity contribution in [1.29, 1.82) is 0 Å². The highest BCUT2D eigenvalue weighted by Crippen LogP contribution is 2.56. The van der Waals surface area contributed by atoms with Gasteiger partial charge in [0.05, 0.1) is 0 Å². The predicted molar refractivity (Wildman–Crippen MR) is 107 cm³/mol. The average molecular weight is 392 g/mol. The van der Waals surface area contributed by atoms with Crippen molar-refractivity contribution in [2.24, 2.45) is 5.92 Å². The average Bonchev–Trinajstić information content (AvgIpc) is 2.74. The van der Waals surface area contributed by atoms with E-state index in [0.29, 0.717) is 34.3 Å². The highest BCUT2D eigenvalue weighted by atomic mass is 16.2. The molecule has 1 unspecified atom stereocenters. The van der Waals surface area contributed by atoms with Gasteiger partial charge < -0.3 is 0 Å². The Morgan fingerprint density at radius 3 is 2.40 bits per heavy atom. The number of rotatable bonds is 0. The van der Waals surface area contributed by atoms with Gasteiger partial charge in [-0.2, -0.15) is 0 Å². The van der Waals surface area contributed by atoms with Gasteiger partial charge in [0.1, 0.15) is 0 Å². The van der Waals surface area contributed by atoms with Crippen molar-refractivity contribution >= 4 is 40.3 Å². The Labute approximate surface area is 170 Å². The molecule has 2 heterocycles. The summed E-state index contributed by atoms with van der Waals surface area (Å²) in [5.41, 5.74) is 8.40. The van der Waals surface area contributed by atoms with Crippen LogP contribution in [0.2, 0.25) is 0 Å². The SMILES string of the molecule is O=C1NC(=O)C2=C3C1=CC=C1c4ccc5c6c4C(=C(C=C2)C13)CC=C6C(=O)NC5=O. The van der Waals surface area contributed by atoms with Crippen molar-refractivity contribution in [3.8, 4) is 0 Å². The summed E-state index contributed by atoms with van der Waals surface area (Å²) in [6.45, 7) is 0. The highest BCUT2D eigenvalue weighted by molar-refractivity contribution is 6.33. The number of imide groups is 2. The zero-order chi connectivity index (χ0) is 20.3. The van der Waals surface area contributed by atoms with Gasteiger partial charge >= 0.3 is 0 Å². The molecule has 0 bridgehead atoms. The second kappa shape index (κ2) is 4.91. The Morgan fingerprint density at radius 1 is 0.767 bits per heavy atom. The molecule has 0 radical (unpaired) electrons. The summed E-state index contributed by atoms with van der Waals surface area (Å²) in [6, 6.07) is 3.67. The first-order chi connectivity index (χ1) is 14.5. The molecular formula is C24H12N2O4. The van der Waals surface area contributed by atoms with Crippen LogP contribution < -0.4 is 10.6 Å². The first kappa shape index (κ1) is 15.8. The maximum absolute atomic E-state index is 12.5. The Bertz CT molecular complexity index is 1420. The Morgan fingerprint density at radius 2 is 1.53 bits per heavy atom. The van der Waals surface area contributed by atoms with Gasteiger partial charge in [-0.25, -0.2) is 0 Å². The predicted octanol–water partition coefficient (Wildman–Crippen LogP) is 1.97. The molecule has 4 amide bonds. The van der Waals surface area contributed by atoms with Crippen LogP contribution in [-0.2, 0) is 14.4 Å². The molecular weight excluding hydrogens is 380 g/mol. The van der Waals surface area contributed by atoms with Crippen LogP contribution in [0.1, 0.15) is 33.5 Å². The number of hydrogen-bond donors (Lipinski definition) is 2. The molecule has 0 spiro atoms. The van der Waals surface area contributed by atoms with E-state index >= 15 is 0 Å². The van der Waals surface area contributed by atoms with Gasteiger partial charge in [0.2, 0.25) is 0 Å². The Kier molecular flexibility index (Phi) is 2.59. The van der Waals surface area contributed by atoms with Gasteiger partial charge in [0.25, 0.3) is 23.6 Å². The van der Waals surface area contributed by atoms with Crippen LogP contribution in [0.5, 0.6) is 0 Å². The van der Waals surface area contributed by atoms with Crippen LogP contribution in [-0.4, -0.2) is 23.6 Å². The zero-order valence-electron chi connectivity index (χ0n) is 15.5. The molecule has 30 heavy (non-hydrogen) atoms. The van der Waals surface area contributed by atoms with E-state index in [1.54, 1.807) is 18.2 Å². The van der Waals surface area contributed by atoms with Gasteiger partial charge in [-0.05, 0) is 58.1 Å². The third-order valence-electron chi connectivity index (χ3n) is 6.73. The number of carbonyl (C=O) groups is 4. The molecule has 6 aliphatic rings. The topological polar surface area (TPSA) is 92.3 Å². The number of amides is 4. The molecule has 1 aromatic rings. The molecule has 2 N–H and O–H groups in total. The summed E-state index contributed by atoms with van der Waals surface area (Å²) < 4.78 is 0. The maximum Gasteiger partial charge on any atom is 0.258 e. The van der Waals surface area contributed by atoms with Crippen LogP contribution in [0.3, 0.4) is 0 Å². The summed E-state index contributed by atoms with van der Waals surface area (Å²) in [5, 5.41) is 4.82. The summed E-state index contributed by atoms with van der Waals surface area (Å²) in [5.74, 6) is -1.72. The lowest BCUT2D eigenvalue weighted by atomic mass is 9.62. The lowest BCUT2D eigenvalue weighted by molar-refractivity contribution is -0.126. The summed E-state index contributed by atoms with van der Waals surface area (Å²) in [7, 11) is 0. The van der Waals surface area contributed by atoms with Crippen LogP contribution in [0.4, 0.5) is 0 Å². The van der Waals surface area contributed by atoms with Gasteiger partial charge in [-0.3, -0.25) is 29.8 Å². The fourth-order valence-corrected chi connectivity index (χ4v) is 5.55. The van der Waals surface area contributed by atoms with E-state index < -0.39 is 0 Å². The van der Waals surface area contributed by atoms with Crippen LogP contribution >= 0.6 is 0 Å². The van der Waals surface area contributed by atoms with Gasteiger partial charge in [-0.1, -0.05) is 24.3 Å². The van der Waals surface area contributed by atoms with E-state index in [9.17, 15) is 19.2 Å². The zero-order valence-corrected chi connectivity index (χ0v) is 15.5. The van der Waals surface area contributed by atoms with Crippen molar-refractivity contribution in [2.75, 3.05) is 0 Å². The molecule has 0 saturated carbocycles. The number of fused-ring (bicyclic) bond motifs is 1. The molecule has 0 aromatic heterocycles. The number of allylic oxidation sites excluding steroid dienone is 7. The van der Waals surface area contributed by atoms with Crippen LogP contribution in [0.25, 0.3) is 16.7 Å². The smallest absolute Gasteiger partial charge is 0.258 e. The van der Waals surface area contributed by atoms with E-state index in [2.05, 4.69) is 10.6 Å². The third kappa shape index (κ3) is 1.63. The molecule has 0 fully saturated rings. The normalized spacial score (nSPS) is 24.5. The van der Waals surface area contributed by atoms with Crippen molar-refractivity contribution in [3.05, 3.63) is 87.1 Å². The quantitative estimate of drug-likeness (QED) is 0.661. The third-order valence-corrected chi connectivity index (χ3v) is 6.73. The standard InChI is InChI=1S/C24H12N2O4/c27-21-13-5-1-9-10-2-6-15-20-16(24(30)26-23(15)29)8-4-12(18(10)20)11-3-7-14(22(28)25-21)19(13)17(9)11/h1-3,5-8,17H,4H2,(H,25,27,28)(H,26,29,30). The molecule has 1 atom stereocenters. The van der Waals surface area contributed by atoms with Gasteiger partial charge in [-0.15, -0.1) is 0 Å². The van der Waals surface area contributed by atoms with Crippen molar-refractivity contribution in [3.63, 3.8) is 0 Å². The maximum atomic E-state index is 12.5. The Balaban J connectivity index is 1.61. The van der Waals surface area contributed by atoms with Crippen molar-refractivity contribution in [1.82, 2.24) is 10.6 Å². The fourth-order valence-electron chi connectivity index (χ4n) is 5.55.